The molecule has 0 radical (unpaired) electrons. The summed E-state index contributed by atoms with van der Waals surface area (Å²) in [5.74, 6) is -0.711. The number of hydrogen-bond acceptors (Lipinski definition) is 6. The molecule has 4 rings (SSSR count). The first-order chi connectivity index (χ1) is 16.3. The summed E-state index contributed by atoms with van der Waals surface area (Å²) in [6.07, 6.45) is 5.95. The van der Waals surface area contributed by atoms with Gasteiger partial charge < -0.3 is 4.74 Å². The highest BCUT2D eigenvalue weighted by molar-refractivity contribution is 14.1. The number of non-ortho nitro benzene ring substituents is 1. The number of hydrogen-bond donors (Lipinski definition) is 1. The summed E-state index contributed by atoms with van der Waals surface area (Å²) in [5.41, 5.74) is 1.19. The van der Waals surface area contributed by atoms with E-state index in [2.05, 4.69) is 27.9 Å². The van der Waals surface area contributed by atoms with Gasteiger partial charge >= 0.3 is 6.03 Å². The minimum Gasteiger partial charge on any atom is -0.488 e. The molecule has 0 aromatic heterocycles. The molecule has 2 fully saturated rings. The normalized spacial score (nSPS) is 18.2. The quantitative estimate of drug-likeness (QED) is 0.177. The lowest BCUT2D eigenvalue weighted by atomic mass is 9.93. The molecule has 2 aromatic rings. The molecule has 1 aliphatic carbocycles. The Morgan fingerprint density at radius 1 is 1.12 bits per heavy atom. The van der Waals surface area contributed by atoms with Crippen molar-refractivity contribution in [3.05, 3.63) is 72.8 Å². The first-order valence-electron chi connectivity index (χ1n) is 10.9. The molecule has 1 heterocycles. The van der Waals surface area contributed by atoms with Gasteiger partial charge in [-0.25, -0.2) is 4.79 Å². The largest absolute Gasteiger partial charge is 0.488 e. The SMILES string of the molecule is O=C1NC(=O)N(C2CCCCC2)C(=O)C1=Cc1ccc(OCc2cccc([N+](=O)[O-])c2)c(I)c1. The average molecular weight is 575 g/mol. The van der Waals surface area contributed by atoms with Crippen LogP contribution in [0.3, 0.4) is 0 Å². The number of ether oxygens (including phenoxy) is 1. The Kier molecular flexibility index (Phi) is 7.25. The number of nitro groups is 1. The van der Waals surface area contributed by atoms with Crippen LogP contribution >= 0.6 is 22.6 Å². The summed E-state index contributed by atoms with van der Waals surface area (Å²) in [6.45, 7) is 0.150. The van der Waals surface area contributed by atoms with Crippen LogP contribution in [-0.4, -0.2) is 33.7 Å². The molecule has 34 heavy (non-hydrogen) atoms. The lowest BCUT2D eigenvalue weighted by Crippen LogP contribution is -2.58. The molecule has 0 bridgehead atoms. The fourth-order valence-electron chi connectivity index (χ4n) is 4.15. The van der Waals surface area contributed by atoms with Crippen molar-refractivity contribution in [1.29, 1.82) is 0 Å². The van der Waals surface area contributed by atoms with Crippen LogP contribution in [0, 0.1) is 13.7 Å². The highest BCUT2D eigenvalue weighted by Gasteiger charge is 2.40. The number of nitrogens with one attached hydrogen (secondary N) is 1. The van der Waals surface area contributed by atoms with E-state index in [1.54, 1.807) is 30.3 Å². The van der Waals surface area contributed by atoms with Gasteiger partial charge in [-0.2, -0.15) is 0 Å². The van der Waals surface area contributed by atoms with Gasteiger partial charge in [0.1, 0.15) is 17.9 Å². The number of imide groups is 2. The molecule has 10 heteroatoms. The van der Waals surface area contributed by atoms with Crippen molar-refractivity contribution in [2.24, 2.45) is 0 Å². The van der Waals surface area contributed by atoms with E-state index in [1.165, 1.54) is 23.1 Å². The van der Waals surface area contributed by atoms with E-state index in [1.807, 2.05) is 0 Å². The van der Waals surface area contributed by atoms with Crippen LogP contribution in [0.4, 0.5) is 10.5 Å². The fraction of sp³-hybridized carbons (Fsp3) is 0.292. The zero-order chi connectivity index (χ0) is 24.2. The predicted octanol–water partition coefficient (Wildman–Crippen LogP) is 4.57. The molecule has 0 unspecified atom stereocenters. The molecular weight excluding hydrogens is 553 g/mol. The Bertz CT molecular complexity index is 1190. The van der Waals surface area contributed by atoms with Crippen molar-refractivity contribution in [3.63, 3.8) is 0 Å². The molecule has 4 amide bonds. The van der Waals surface area contributed by atoms with Crippen molar-refractivity contribution in [2.75, 3.05) is 0 Å². The van der Waals surface area contributed by atoms with Crippen molar-refractivity contribution in [1.82, 2.24) is 10.2 Å². The minimum atomic E-state index is -0.705. The van der Waals surface area contributed by atoms with Crippen LogP contribution in [0.5, 0.6) is 5.75 Å². The first kappa shape index (κ1) is 23.9. The van der Waals surface area contributed by atoms with Crippen LogP contribution < -0.4 is 10.1 Å². The average Bonchev–Trinajstić information content (AvgIpc) is 2.82. The smallest absolute Gasteiger partial charge is 0.331 e. The minimum absolute atomic E-state index is 0.00560. The molecule has 9 nitrogen and oxygen atoms in total. The van der Waals surface area contributed by atoms with Crippen molar-refractivity contribution in [2.45, 2.75) is 44.8 Å². The molecule has 176 valence electrons. The van der Waals surface area contributed by atoms with Gasteiger partial charge in [-0.05, 0) is 64.8 Å². The first-order valence-corrected chi connectivity index (χ1v) is 12.0. The topological polar surface area (TPSA) is 119 Å². The lowest BCUT2D eigenvalue weighted by molar-refractivity contribution is -0.384. The number of nitrogens with zero attached hydrogens (tertiary/aromatic N) is 2. The number of rotatable bonds is 6. The Balaban J connectivity index is 1.50. The number of nitro benzene ring substituents is 1. The van der Waals surface area contributed by atoms with Crippen LogP contribution in [-0.2, 0) is 16.2 Å². The summed E-state index contributed by atoms with van der Waals surface area (Å²) in [6, 6.07) is 10.6. The molecule has 1 N–H and O–H groups in total. The third-order valence-electron chi connectivity index (χ3n) is 5.86. The Labute approximate surface area is 209 Å². The standard InChI is InChI=1S/C24H22IN3O6/c25-20-13-15(9-10-21(20)34-14-16-5-4-8-18(11-16)28(32)33)12-19-22(29)26-24(31)27(23(19)30)17-6-2-1-3-7-17/h4-5,8-13,17H,1-3,6-7,14H2,(H,26,29,31). The maximum Gasteiger partial charge on any atom is 0.331 e. The highest BCUT2D eigenvalue weighted by atomic mass is 127. The maximum absolute atomic E-state index is 13.0. The number of benzene rings is 2. The van der Waals surface area contributed by atoms with Crippen LogP contribution in [0.1, 0.15) is 43.2 Å². The molecule has 2 aliphatic rings. The molecule has 1 saturated carbocycles. The van der Waals surface area contributed by atoms with Gasteiger partial charge in [0.05, 0.1) is 8.49 Å². The number of urea groups is 1. The van der Waals surface area contributed by atoms with E-state index >= 15 is 0 Å². The molecule has 2 aromatic carbocycles. The van der Waals surface area contributed by atoms with Gasteiger partial charge in [0, 0.05) is 18.2 Å². The van der Waals surface area contributed by atoms with Crippen LogP contribution in [0.15, 0.2) is 48.0 Å². The zero-order valence-electron chi connectivity index (χ0n) is 18.2. The molecule has 1 saturated heterocycles. The second-order valence-corrected chi connectivity index (χ2v) is 9.35. The number of barbiturate groups is 1. The molecular formula is C24H22IN3O6. The number of carbonyl (C=O) groups excluding carboxylic acids is 3. The van der Waals surface area contributed by atoms with Crippen LogP contribution in [0.2, 0.25) is 0 Å². The Hall–Kier alpha value is -3.28. The van der Waals surface area contributed by atoms with E-state index in [0.29, 0.717) is 16.9 Å². The van der Waals surface area contributed by atoms with Gasteiger partial charge in [0.15, 0.2) is 0 Å². The third kappa shape index (κ3) is 5.27. The maximum atomic E-state index is 13.0. The van der Waals surface area contributed by atoms with Gasteiger partial charge in [-0.3, -0.25) is 29.9 Å². The summed E-state index contributed by atoms with van der Waals surface area (Å²) in [7, 11) is 0. The van der Waals surface area contributed by atoms with Gasteiger partial charge in [-0.1, -0.05) is 37.5 Å². The predicted molar refractivity (Wildman–Crippen MR) is 132 cm³/mol. The van der Waals surface area contributed by atoms with E-state index in [-0.39, 0.29) is 23.9 Å². The van der Waals surface area contributed by atoms with Gasteiger partial charge in [0.2, 0.25) is 0 Å². The highest BCUT2D eigenvalue weighted by Crippen LogP contribution is 2.28. The summed E-state index contributed by atoms with van der Waals surface area (Å²) in [5, 5.41) is 13.2. The number of amides is 4. The summed E-state index contributed by atoms with van der Waals surface area (Å²) >= 11 is 2.08. The second-order valence-electron chi connectivity index (χ2n) is 8.19. The molecule has 0 spiro atoms. The van der Waals surface area contributed by atoms with E-state index in [0.717, 1.165) is 35.7 Å². The van der Waals surface area contributed by atoms with Gasteiger partial charge in [-0.15, -0.1) is 0 Å². The summed E-state index contributed by atoms with van der Waals surface area (Å²) in [4.78, 5) is 49.5. The number of halogens is 1. The second kappa shape index (κ2) is 10.3. The monoisotopic (exact) mass is 575 g/mol. The third-order valence-corrected chi connectivity index (χ3v) is 6.70. The molecule has 1 aliphatic heterocycles. The van der Waals surface area contributed by atoms with Crippen molar-refractivity contribution in [3.8, 4) is 5.75 Å². The van der Waals surface area contributed by atoms with E-state index in [9.17, 15) is 24.5 Å². The van der Waals surface area contributed by atoms with E-state index in [4.69, 9.17) is 4.74 Å². The fourth-order valence-corrected chi connectivity index (χ4v) is 4.85. The number of carbonyl (C=O) groups is 3. The van der Waals surface area contributed by atoms with Crippen LogP contribution in [0.25, 0.3) is 6.08 Å². The van der Waals surface area contributed by atoms with Crippen molar-refractivity contribution < 1.29 is 24.0 Å². The molecule has 0 atom stereocenters. The Morgan fingerprint density at radius 2 is 1.88 bits per heavy atom. The summed E-state index contributed by atoms with van der Waals surface area (Å²) < 4.78 is 6.54. The Morgan fingerprint density at radius 3 is 2.59 bits per heavy atom. The van der Waals surface area contributed by atoms with E-state index < -0.39 is 22.8 Å². The van der Waals surface area contributed by atoms with Crippen molar-refractivity contribution >= 4 is 52.2 Å². The van der Waals surface area contributed by atoms with Gasteiger partial charge in [0.25, 0.3) is 17.5 Å². The zero-order valence-corrected chi connectivity index (χ0v) is 20.3. The lowest BCUT2D eigenvalue weighted by Gasteiger charge is -2.35.